The van der Waals surface area contributed by atoms with Gasteiger partial charge in [-0.05, 0) is 48.4 Å². The van der Waals surface area contributed by atoms with Crippen molar-refractivity contribution in [1.82, 2.24) is 0 Å². The fraction of sp³-hybridized carbons (Fsp3) is 0.208. The van der Waals surface area contributed by atoms with Crippen molar-refractivity contribution in [2.24, 2.45) is 0 Å². The molecule has 0 radical (unpaired) electrons. The lowest BCUT2D eigenvalue weighted by molar-refractivity contribution is -0.686. The van der Waals surface area contributed by atoms with Crippen LogP contribution in [-0.4, -0.2) is 12.6 Å². The van der Waals surface area contributed by atoms with Crippen molar-refractivity contribution in [1.29, 1.82) is 0 Å². The number of carboxylic acid groups (broad SMARTS) is 1. The van der Waals surface area contributed by atoms with Gasteiger partial charge >= 0.3 is 0 Å². The highest BCUT2D eigenvalue weighted by Gasteiger charge is 2.08. The second kappa shape index (κ2) is 10.7. The smallest absolute Gasteiger partial charge is 0.161 e. The summed E-state index contributed by atoms with van der Waals surface area (Å²) in [6.07, 6.45) is 0. The van der Waals surface area contributed by atoms with E-state index in [-0.39, 0.29) is 5.56 Å². The van der Waals surface area contributed by atoms with E-state index in [2.05, 4.69) is 5.32 Å². The van der Waals surface area contributed by atoms with Crippen molar-refractivity contribution in [3.8, 4) is 11.5 Å². The molecule has 30 heavy (non-hydrogen) atoms. The Morgan fingerprint density at radius 1 is 0.867 bits per heavy atom. The number of hydrogen-bond donors (Lipinski definition) is 1. The van der Waals surface area contributed by atoms with Gasteiger partial charge in [0.05, 0.1) is 12.6 Å². The zero-order valence-electron chi connectivity index (χ0n) is 16.8. The highest BCUT2D eigenvalue weighted by molar-refractivity contribution is 6.30. The van der Waals surface area contributed by atoms with Gasteiger partial charge in [-0.3, -0.25) is 0 Å². The van der Waals surface area contributed by atoms with E-state index in [1.54, 1.807) is 24.3 Å². The van der Waals surface area contributed by atoms with Gasteiger partial charge in [0.1, 0.15) is 19.7 Å². The topological polar surface area (TPSA) is 75.2 Å². The molecule has 0 saturated heterocycles. The van der Waals surface area contributed by atoms with Crippen LogP contribution in [0.4, 0.5) is 0 Å². The largest absolute Gasteiger partial charge is 0.545 e. The predicted molar refractivity (Wildman–Crippen MR) is 114 cm³/mol. The summed E-state index contributed by atoms with van der Waals surface area (Å²) in [5.41, 5.74) is 3.38. The molecule has 3 aromatic carbocycles. The lowest BCUT2D eigenvalue weighted by Gasteiger charge is -2.13. The van der Waals surface area contributed by atoms with E-state index < -0.39 is 5.97 Å². The van der Waals surface area contributed by atoms with Crippen LogP contribution < -0.4 is 19.9 Å². The molecule has 0 saturated carbocycles. The lowest BCUT2D eigenvalue weighted by Crippen LogP contribution is -2.80. The molecule has 3 rings (SSSR count). The summed E-state index contributed by atoms with van der Waals surface area (Å²) in [6, 6.07) is 20.3. The molecular weight excluding hydrogens is 402 g/mol. The normalized spacial score (nSPS) is 10.6. The Bertz CT molecular complexity index is 972. The summed E-state index contributed by atoms with van der Waals surface area (Å²) in [4.78, 5) is 10.8. The minimum Gasteiger partial charge on any atom is -0.545 e. The van der Waals surface area contributed by atoms with Crippen molar-refractivity contribution in [3.63, 3.8) is 0 Å². The maximum Gasteiger partial charge on any atom is 0.161 e. The Balaban J connectivity index is 1.58. The lowest BCUT2D eigenvalue weighted by atomic mass is 10.1. The number of ether oxygens (including phenoxy) is 2. The summed E-state index contributed by atoms with van der Waals surface area (Å²) in [5.74, 6) is 0.261. The minimum absolute atomic E-state index is 0.189. The fourth-order valence-corrected chi connectivity index (χ4v) is 3.12. The first-order valence-electron chi connectivity index (χ1n) is 9.80. The maximum atomic E-state index is 10.8. The zero-order chi connectivity index (χ0) is 21.3. The van der Waals surface area contributed by atoms with Crippen LogP contribution in [0, 0.1) is 0 Å². The molecular formula is C24H24ClNO4. The van der Waals surface area contributed by atoms with Gasteiger partial charge in [-0.2, -0.15) is 0 Å². The molecule has 0 aromatic heterocycles. The molecule has 0 spiro atoms. The van der Waals surface area contributed by atoms with Crippen molar-refractivity contribution < 1.29 is 24.7 Å². The summed E-state index contributed by atoms with van der Waals surface area (Å²) in [6.45, 7) is 4.43. The average Bonchev–Trinajstić information content (AvgIpc) is 2.75. The van der Waals surface area contributed by atoms with E-state index in [0.29, 0.717) is 24.0 Å². The standard InChI is InChI=1S/C24H24ClNO4/c1-2-29-23-13-19(15-26-14-17-3-8-20(9-4-17)24(27)28)7-12-22(23)30-16-18-5-10-21(25)11-6-18/h3-13,26H,2,14-16H2,1H3,(H,27,28). The number of quaternary nitrogens is 1. The van der Waals surface area contributed by atoms with Gasteiger partial charge in [0, 0.05) is 16.1 Å². The number of halogens is 1. The van der Waals surface area contributed by atoms with Gasteiger partial charge in [-0.1, -0.05) is 48.0 Å². The summed E-state index contributed by atoms with van der Waals surface area (Å²) >= 11 is 5.92. The second-order valence-corrected chi connectivity index (χ2v) is 7.25. The van der Waals surface area contributed by atoms with Crippen molar-refractivity contribution >= 4 is 17.6 Å². The first-order valence-corrected chi connectivity index (χ1v) is 10.2. The summed E-state index contributed by atoms with van der Waals surface area (Å²) < 4.78 is 11.7. The zero-order valence-corrected chi connectivity index (χ0v) is 17.5. The van der Waals surface area contributed by atoms with Crippen molar-refractivity contribution in [2.75, 3.05) is 6.61 Å². The fourth-order valence-electron chi connectivity index (χ4n) is 2.99. The van der Waals surface area contributed by atoms with Crippen LogP contribution in [0.1, 0.15) is 34.0 Å². The second-order valence-electron chi connectivity index (χ2n) is 6.81. The van der Waals surface area contributed by atoms with Crippen LogP contribution in [0.15, 0.2) is 66.7 Å². The Morgan fingerprint density at radius 3 is 2.17 bits per heavy atom. The van der Waals surface area contributed by atoms with Crippen molar-refractivity contribution in [3.05, 3.63) is 94.0 Å². The van der Waals surface area contributed by atoms with Crippen LogP contribution in [0.3, 0.4) is 0 Å². The Labute approximate surface area is 181 Å². The van der Waals surface area contributed by atoms with E-state index in [4.69, 9.17) is 21.1 Å². The molecule has 0 aliphatic rings. The molecule has 0 bridgehead atoms. The van der Waals surface area contributed by atoms with Crippen molar-refractivity contribution in [2.45, 2.75) is 26.6 Å². The van der Waals surface area contributed by atoms with Gasteiger partial charge in [0.2, 0.25) is 0 Å². The van der Waals surface area contributed by atoms with Crippen LogP contribution in [-0.2, 0) is 19.7 Å². The Morgan fingerprint density at radius 2 is 1.50 bits per heavy atom. The minimum atomic E-state index is -1.16. The van der Waals surface area contributed by atoms with Crippen LogP contribution in [0.2, 0.25) is 5.02 Å². The molecule has 0 amide bonds. The third kappa shape index (κ3) is 6.24. The number of benzene rings is 3. The predicted octanol–water partition coefficient (Wildman–Crippen LogP) is 2.94. The van der Waals surface area contributed by atoms with Gasteiger partial charge < -0.3 is 24.7 Å². The first-order chi connectivity index (χ1) is 14.5. The molecule has 0 heterocycles. The number of nitrogens with two attached hydrogens (primary N) is 1. The average molecular weight is 426 g/mol. The number of carboxylic acids is 1. The van der Waals surface area contributed by atoms with E-state index in [9.17, 15) is 9.90 Å². The van der Waals surface area contributed by atoms with Crippen LogP contribution in [0.5, 0.6) is 11.5 Å². The molecule has 0 aliphatic heterocycles. The van der Waals surface area contributed by atoms with Crippen LogP contribution >= 0.6 is 11.6 Å². The first kappa shape index (κ1) is 21.7. The van der Waals surface area contributed by atoms with Crippen LogP contribution in [0.25, 0.3) is 0 Å². The molecule has 0 fully saturated rings. The quantitative estimate of drug-likeness (QED) is 0.542. The molecule has 3 aromatic rings. The third-order valence-electron chi connectivity index (χ3n) is 4.57. The number of hydrogen-bond acceptors (Lipinski definition) is 4. The molecule has 0 unspecified atom stereocenters. The molecule has 0 aliphatic carbocycles. The molecule has 5 nitrogen and oxygen atoms in total. The highest BCUT2D eigenvalue weighted by Crippen LogP contribution is 2.29. The maximum absolute atomic E-state index is 10.8. The third-order valence-corrected chi connectivity index (χ3v) is 4.82. The van der Waals surface area contributed by atoms with Gasteiger partial charge in [-0.15, -0.1) is 0 Å². The van der Waals surface area contributed by atoms with Gasteiger partial charge in [0.25, 0.3) is 0 Å². The number of aromatic carboxylic acids is 1. The number of carbonyl (C=O) groups excluding carboxylic acids is 1. The van der Waals surface area contributed by atoms with E-state index in [0.717, 1.165) is 35.5 Å². The summed E-state index contributed by atoms with van der Waals surface area (Å²) in [5, 5.41) is 13.7. The summed E-state index contributed by atoms with van der Waals surface area (Å²) in [7, 11) is 0. The molecule has 0 atom stereocenters. The van der Waals surface area contributed by atoms with Gasteiger partial charge in [0.15, 0.2) is 11.5 Å². The van der Waals surface area contributed by atoms with Gasteiger partial charge in [-0.25, -0.2) is 0 Å². The Hall–Kier alpha value is -3.02. The van der Waals surface area contributed by atoms with E-state index >= 15 is 0 Å². The molecule has 6 heteroatoms. The number of rotatable bonds is 10. The highest BCUT2D eigenvalue weighted by atomic mass is 35.5. The monoisotopic (exact) mass is 425 g/mol. The Kier molecular flexibility index (Phi) is 7.71. The molecule has 156 valence electrons. The van der Waals surface area contributed by atoms with E-state index in [1.165, 1.54) is 0 Å². The SMILES string of the molecule is CCOc1cc(C[NH2+]Cc2ccc(C(=O)[O-])cc2)ccc1OCc1ccc(Cl)cc1. The van der Waals surface area contributed by atoms with E-state index in [1.807, 2.05) is 49.4 Å². The molecule has 2 N–H and O–H groups in total. The number of carbonyl (C=O) groups is 1.